The fraction of sp³-hybridized carbons (Fsp3) is 0.286. The second-order valence-electron chi connectivity index (χ2n) is 9.07. The molecule has 0 amide bonds. The summed E-state index contributed by atoms with van der Waals surface area (Å²) in [7, 11) is 1.56. The maximum absolute atomic E-state index is 13.8. The van der Waals surface area contributed by atoms with Gasteiger partial charge in [-0.3, -0.25) is 13.9 Å². The minimum atomic E-state index is -0.313. The van der Waals surface area contributed by atoms with E-state index in [-0.39, 0.29) is 23.6 Å². The Kier molecular flexibility index (Phi) is 6.50. The van der Waals surface area contributed by atoms with E-state index in [0.29, 0.717) is 46.8 Å². The Morgan fingerprint density at radius 2 is 1.71 bits per heavy atom. The number of ether oxygens (including phenoxy) is 1. The quantitative estimate of drug-likeness (QED) is 0.376. The largest absolute Gasteiger partial charge is 0.495 e. The number of imidazole rings is 1. The SMILES string of the molecule is COc1ccc(Cn2c(=O)n(C3CCC(O)CC3)c3ccc(C(=O)c4ccccc4)cc32)cc1Cl. The Hall–Kier alpha value is -3.35. The summed E-state index contributed by atoms with van der Waals surface area (Å²) in [5, 5.41) is 10.5. The molecule has 0 spiro atoms. The number of hydrogen-bond donors (Lipinski definition) is 1. The monoisotopic (exact) mass is 490 g/mol. The van der Waals surface area contributed by atoms with Crippen LogP contribution in [0.2, 0.25) is 5.02 Å². The van der Waals surface area contributed by atoms with Crippen molar-refractivity contribution in [3.8, 4) is 5.75 Å². The Balaban J connectivity index is 1.63. The van der Waals surface area contributed by atoms with E-state index >= 15 is 0 Å². The zero-order valence-corrected chi connectivity index (χ0v) is 20.2. The second-order valence-corrected chi connectivity index (χ2v) is 9.48. The highest BCUT2D eigenvalue weighted by atomic mass is 35.5. The van der Waals surface area contributed by atoms with Crippen LogP contribution in [0.1, 0.15) is 53.2 Å². The normalized spacial score (nSPS) is 18.0. The van der Waals surface area contributed by atoms with Crippen LogP contribution in [0.5, 0.6) is 5.75 Å². The maximum Gasteiger partial charge on any atom is 0.329 e. The highest BCUT2D eigenvalue weighted by molar-refractivity contribution is 6.32. The summed E-state index contributed by atoms with van der Waals surface area (Å²) in [5.41, 5.74) is 3.36. The van der Waals surface area contributed by atoms with E-state index in [1.54, 1.807) is 42.0 Å². The average Bonchev–Trinajstić information content (AvgIpc) is 3.15. The zero-order chi connectivity index (χ0) is 24.5. The zero-order valence-electron chi connectivity index (χ0n) is 19.5. The molecule has 7 heteroatoms. The summed E-state index contributed by atoms with van der Waals surface area (Å²) in [6.07, 6.45) is 2.50. The molecule has 35 heavy (non-hydrogen) atoms. The van der Waals surface area contributed by atoms with Crippen LogP contribution in [0.4, 0.5) is 0 Å². The van der Waals surface area contributed by atoms with Crippen LogP contribution >= 0.6 is 11.6 Å². The van der Waals surface area contributed by atoms with Crippen molar-refractivity contribution in [1.82, 2.24) is 9.13 Å². The van der Waals surface area contributed by atoms with Crippen molar-refractivity contribution in [2.75, 3.05) is 7.11 Å². The van der Waals surface area contributed by atoms with Crippen LogP contribution in [0.15, 0.2) is 71.5 Å². The number of aromatic nitrogens is 2. The number of hydrogen-bond acceptors (Lipinski definition) is 4. The summed E-state index contributed by atoms with van der Waals surface area (Å²) in [4.78, 5) is 26.9. The highest BCUT2D eigenvalue weighted by Gasteiger charge is 2.26. The smallest absolute Gasteiger partial charge is 0.329 e. The number of rotatable bonds is 6. The predicted molar refractivity (Wildman–Crippen MR) is 137 cm³/mol. The van der Waals surface area contributed by atoms with E-state index in [2.05, 4.69) is 0 Å². The van der Waals surface area contributed by atoms with E-state index in [9.17, 15) is 14.7 Å². The topological polar surface area (TPSA) is 73.5 Å². The molecule has 5 rings (SSSR count). The summed E-state index contributed by atoms with van der Waals surface area (Å²) in [6, 6.07) is 20.1. The molecule has 1 heterocycles. The van der Waals surface area contributed by atoms with E-state index in [1.165, 1.54) is 0 Å². The number of carbonyl (C=O) groups excluding carboxylic acids is 1. The van der Waals surface area contributed by atoms with Gasteiger partial charge in [-0.25, -0.2) is 4.79 Å². The van der Waals surface area contributed by atoms with Crippen molar-refractivity contribution in [2.24, 2.45) is 0 Å². The average molecular weight is 491 g/mol. The maximum atomic E-state index is 13.8. The van der Waals surface area contributed by atoms with Crippen molar-refractivity contribution in [3.63, 3.8) is 0 Å². The molecule has 0 saturated heterocycles. The van der Waals surface area contributed by atoms with E-state index in [0.717, 1.165) is 23.9 Å². The van der Waals surface area contributed by atoms with Crippen LogP contribution in [0.25, 0.3) is 11.0 Å². The number of benzene rings is 3. The first kappa shape index (κ1) is 23.4. The third-order valence-electron chi connectivity index (χ3n) is 6.85. The Bertz CT molecular complexity index is 1430. The van der Waals surface area contributed by atoms with Gasteiger partial charge >= 0.3 is 5.69 Å². The van der Waals surface area contributed by atoms with Crippen LogP contribution in [0.3, 0.4) is 0 Å². The lowest BCUT2D eigenvalue weighted by molar-refractivity contribution is 0.103. The summed E-state index contributed by atoms with van der Waals surface area (Å²) >= 11 is 6.34. The van der Waals surface area contributed by atoms with Crippen molar-refractivity contribution < 1.29 is 14.6 Å². The molecule has 0 radical (unpaired) electrons. The molecule has 0 atom stereocenters. The van der Waals surface area contributed by atoms with Crippen LogP contribution in [-0.4, -0.2) is 33.2 Å². The number of fused-ring (bicyclic) bond motifs is 1. The van der Waals surface area contributed by atoms with Gasteiger partial charge in [0.1, 0.15) is 5.75 Å². The minimum Gasteiger partial charge on any atom is -0.495 e. The predicted octanol–water partition coefficient (Wildman–Crippen LogP) is 5.22. The van der Waals surface area contributed by atoms with Gasteiger partial charge in [0.25, 0.3) is 0 Å². The number of aliphatic hydroxyl groups is 1. The molecule has 1 fully saturated rings. The van der Waals surface area contributed by atoms with Gasteiger partial charge in [-0.15, -0.1) is 0 Å². The summed E-state index contributed by atoms with van der Waals surface area (Å²) in [5.74, 6) is 0.481. The van der Waals surface area contributed by atoms with Crippen molar-refractivity contribution in [2.45, 2.75) is 44.4 Å². The lowest BCUT2D eigenvalue weighted by Gasteiger charge is -2.26. The molecule has 0 aliphatic heterocycles. The molecule has 1 saturated carbocycles. The molecule has 0 unspecified atom stereocenters. The molecular formula is C28H27ClN2O4. The first-order valence-electron chi connectivity index (χ1n) is 11.8. The fourth-order valence-corrected chi connectivity index (χ4v) is 5.27. The van der Waals surface area contributed by atoms with Crippen LogP contribution in [0, 0.1) is 0 Å². The second kappa shape index (κ2) is 9.72. The van der Waals surface area contributed by atoms with E-state index in [1.807, 2.05) is 41.0 Å². The molecule has 1 aliphatic carbocycles. The lowest BCUT2D eigenvalue weighted by Crippen LogP contribution is -2.31. The first-order valence-corrected chi connectivity index (χ1v) is 12.2. The number of methoxy groups -OCH3 is 1. The van der Waals surface area contributed by atoms with Crippen LogP contribution in [-0.2, 0) is 6.54 Å². The van der Waals surface area contributed by atoms with E-state index < -0.39 is 0 Å². The molecule has 1 N–H and O–H groups in total. The summed E-state index contributed by atoms with van der Waals surface area (Å²) in [6.45, 7) is 0.310. The molecular weight excluding hydrogens is 464 g/mol. The number of carbonyl (C=O) groups is 1. The van der Waals surface area contributed by atoms with Gasteiger partial charge in [0, 0.05) is 17.2 Å². The lowest BCUT2D eigenvalue weighted by atomic mass is 9.93. The van der Waals surface area contributed by atoms with Crippen molar-refractivity contribution >= 4 is 28.4 Å². The summed E-state index contributed by atoms with van der Waals surface area (Å²) < 4.78 is 8.80. The Morgan fingerprint density at radius 3 is 2.40 bits per heavy atom. The van der Waals surface area contributed by atoms with Gasteiger partial charge in [0.05, 0.1) is 35.8 Å². The van der Waals surface area contributed by atoms with Gasteiger partial charge in [-0.1, -0.05) is 48.0 Å². The highest BCUT2D eigenvalue weighted by Crippen LogP contribution is 2.31. The van der Waals surface area contributed by atoms with Gasteiger partial charge in [-0.2, -0.15) is 0 Å². The molecule has 1 aliphatic rings. The molecule has 6 nitrogen and oxygen atoms in total. The van der Waals surface area contributed by atoms with Crippen molar-refractivity contribution in [1.29, 1.82) is 0 Å². The molecule has 3 aromatic carbocycles. The number of aliphatic hydroxyl groups excluding tert-OH is 1. The fourth-order valence-electron chi connectivity index (χ4n) is 4.99. The number of halogens is 1. The Morgan fingerprint density at radius 1 is 0.971 bits per heavy atom. The molecule has 0 bridgehead atoms. The molecule has 4 aromatic rings. The van der Waals surface area contributed by atoms with Gasteiger partial charge in [0.15, 0.2) is 5.78 Å². The van der Waals surface area contributed by atoms with Gasteiger partial charge in [-0.05, 0) is 61.6 Å². The standard InChI is InChI=1S/C28H27ClN2O4/c1-35-26-14-7-18(15-23(26)29)17-30-25-16-20(27(33)19-5-3-2-4-6-19)8-13-24(25)31(28(30)34)21-9-11-22(32)12-10-21/h2-8,13-16,21-22,32H,9-12,17H2,1H3. The molecule has 1 aromatic heterocycles. The third-order valence-corrected chi connectivity index (χ3v) is 7.14. The molecule has 180 valence electrons. The van der Waals surface area contributed by atoms with E-state index in [4.69, 9.17) is 16.3 Å². The Labute approximate surface area is 208 Å². The van der Waals surface area contributed by atoms with Gasteiger partial charge in [0.2, 0.25) is 0 Å². The number of nitrogens with zero attached hydrogens (tertiary/aromatic N) is 2. The van der Waals surface area contributed by atoms with Crippen molar-refractivity contribution in [3.05, 3.63) is 98.9 Å². The first-order chi connectivity index (χ1) is 17.0. The van der Waals surface area contributed by atoms with Gasteiger partial charge < -0.3 is 9.84 Å². The third kappa shape index (κ3) is 4.51. The van der Waals surface area contributed by atoms with Crippen LogP contribution < -0.4 is 10.4 Å². The number of ketones is 1. The minimum absolute atomic E-state index is 0.00443.